The van der Waals surface area contributed by atoms with Crippen molar-refractivity contribution >= 4 is 22.8 Å². The van der Waals surface area contributed by atoms with Gasteiger partial charge in [-0.15, -0.1) is 5.10 Å². The number of aromatic hydroxyl groups is 1. The summed E-state index contributed by atoms with van der Waals surface area (Å²) >= 11 is 0. The molecule has 6 aromatic rings. The Bertz CT molecular complexity index is 2150. The Balaban J connectivity index is 0.827. The number of carbonyl (C=O) groups is 1. The van der Waals surface area contributed by atoms with Gasteiger partial charge in [-0.1, -0.05) is 47.2 Å². The number of ether oxygens (including phenoxy) is 2. The molecular weight excluding hydrogens is 644 g/mol. The van der Waals surface area contributed by atoms with E-state index >= 15 is 0 Å². The number of allylic oxidation sites excluding steroid dienone is 1. The van der Waals surface area contributed by atoms with Crippen LogP contribution in [0.25, 0.3) is 28.4 Å². The van der Waals surface area contributed by atoms with Crippen molar-refractivity contribution in [3.63, 3.8) is 0 Å². The molecule has 10 nitrogen and oxygen atoms in total. The number of phenols is 1. The van der Waals surface area contributed by atoms with E-state index in [0.29, 0.717) is 48.6 Å². The van der Waals surface area contributed by atoms with Crippen molar-refractivity contribution in [2.45, 2.75) is 32.7 Å². The summed E-state index contributed by atoms with van der Waals surface area (Å²) < 4.78 is 19.5. The predicted octanol–water partition coefficient (Wildman–Crippen LogP) is 7.03. The highest BCUT2D eigenvalue weighted by Crippen LogP contribution is 2.24. The average Bonchev–Trinajstić information content (AvgIpc) is 3.61. The Labute approximate surface area is 296 Å². The summed E-state index contributed by atoms with van der Waals surface area (Å²) in [6, 6.07) is 28.8. The van der Waals surface area contributed by atoms with Crippen LogP contribution in [0, 0.1) is 6.92 Å². The van der Waals surface area contributed by atoms with E-state index in [9.17, 15) is 14.7 Å². The number of aryl methyl sites for hydroxylation is 2. The molecule has 2 heterocycles. The number of hydrogen-bond acceptors (Lipinski definition) is 9. The molecule has 0 saturated carbocycles. The van der Waals surface area contributed by atoms with Crippen molar-refractivity contribution < 1.29 is 23.8 Å². The fourth-order valence-electron chi connectivity index (χ4n) is 5.47. The van der Waals surface area contributed by atoms with Crippen molar-refractivity contribution in [2.24, 2.45) is 0 Å². The van der Waals surface area contributed by atoms with E-state index < -0.39 is 0 Å². The van der Waals surface area contributed by atoms with E-state index in [1.54, 1.807) is 30.3 Å². The van der Waals surface area contributed by atoms with Gasteiger partial charge in [-0.2, -0.15) is 0 Å². The van der Waals surface area contributed by atoms with E-state index in [0.717, 1.165) is 59.7 Å². The zero-order valence-electron chi connectivity index (χ0n) is 28.5. The number of phenolic OH excluding ortho intramolecular Hbond substituents is 1. The number of nitrogens with zero attached hydrogens (tertiary/aromatic N) is 3. The molecular formula is C41H40N4O6. The van der Waals surface area contributed by atoms with E-state index in [2.05, 4.69) is 15.6 Å². The molecule has 0 aliphatic carbocycles. The fourth-order valence-corrected chi connectivity index (χ4v) is 5.47. The Morgan fingerprint density at radius 3 is 2.49 bits per heavy atom. The molecule has 0 aliphatic heterocycles. The van der Waals surface area contributed by atoms with Gasteiger partial charge in [-0.3, -0.25) is 14.3 Å². The van der Waals surface area contributed by atoms with Gasteiger partial charge >= 0.3 is 0 Å². The van der Waals surface area contributed by atoms with Gasteiger partial charge in [0.2, 0.25) is 0 Å². The Hall–Kier alpha value is -6.00. The lowest BCUT2D eigenvalue weighted by molar-refractivity contribution is 0.104. The van der Waals surface area contributed by atoms with Crippen LogP contribution in [-0.4, -0.2) is 52.2 Å². The van der Waals surface area contributed by atoms with Crippen molar-refractivity contribution in [2.75, 3.05) is 26.3 Å². The minimum atomic E-state index is -0.244. The van der Waals surface area contributed by atoms with Crippen LogP contribution in [-0.2, 0) is 13.0 Å². The SMILES string of the molecule is Cc1ccc(O)c(C(=O)/C=C/c2ccc(OCCCCc3cn(CCNCCOc4ccc(-c5cc(=O)c6ccccc6o5)cc4)nn3)cc2)c1. The fraction of sp³-hybridized carbons (Fsp3) is 0.220. The van der Waals surface area contributed by atoms with E-state index in [1.165, 1.54) is 18.2 Å². The van der Waals surface area contributed by atoms with Crippen LogP contribution in [0.15, 0.2) is 119 Å². The van der Waals surface area contributed by atoms with E-state index in [1.807, 2.05) is 78.5 Å². The molecule has 0 amide bonds. The number of ketones is 1. The lowest BCUT2D eigenvalue weighted by atomic mass is 10.1. The van der Waals surface area contributed by atoms with Crippen LogP contribution in [0.5, 0.6) is 17.2 Å². The molecule has 2 N–H and O–H groups in total. The molecule has 0 aliphatic rings. The highest BCUT2D eigenvalue weighted by Gasteiger charge is 2.09. The first kappa shape index (κ1) is 34.8. The highest BCUT2D eigenvalue weighted by atomic mass is 16.5. The number of hydrogen-bond donors (Lipinski definition) is 2. The van der Waals surface area contributed by atoms with Gasteiger partial charge in [0, 0.05) is 30.9 Å². The number of fused-ring (bicyclic) bond motifs is 1. The number of benzene rings is 4. The Morgan fingerprint density at radius 1 is 0.902 bits per heavy atom. The topological polar surface area (TPSA) is 129 Å². The predicted molar refractivity (Wildman–Crippen MR) is 197 cm³/mol. The molecule has 10 heteroatoms. The van der Waals surface area contributed by atoms with Gasteiger partial charge in [-0.25, -0.2) is 0 Å². The van der Waals surface area contributed by atoms with Crippen LogP contribution in [0.2, 0.25) is 0 Å². The molecule has 4 aromatic carbocycles. The summed E-state index contributed by atoms with van der Waals surface area (Å²) in [7, 11) is 0. The van der Waals surface area contributed by atoms with Crippen molar-refractivity contribution in [1.82, 2.24) is 20.3 Å². The third-order valence-electron chi connectivity index (χ3n) is 8.25. The molecule has 0 bridgehead atoms. The Kier molecular flexibility index (Phi) is 11.7. The first-order valence-corrected chi connectivity index (χ1v) is 17.0. The second-order valence-electron chi connectivity index (χ2n) is 12.2. The second kappa shape index (κ2) is 17.1. The summed E-state index contributed by atoms with van der Waals surface area (Å²) in [5, 5.41) is 22.4. The van der Waals surface area contributed by atoms with Crippen LogP contribution >= 0.6 is 0 Å². The zero-order valence-corrected chi connectivity index (χ0v) is 28.5. The van der Waals surface area contributed by atoms with E-state index in [4.69, 9.17) is 13.9 Å². The lowest BCUT2D eigenvalue weighted by Gasteiger charge is -2.08. The summed E-state index contributed by atoms with van der Waals surface area (Å²) in [6.07, 6.45) is 7.81. The van der Waals surface area contributed by atoms with Gasteiger partial charge < -0.3 is 24.3 Å². The molecule has 6 rings (SSSR count). The summed E-state index contributed by atoms with van der Waals surface area (Å²) in [4.78, 5) is 24.9. The first-order chi connectivity index (χ1) is 24.9. The quantitative estimate of drug-likeness (QED) is 0.0591. The normalized spacial score (nSPS) is 11.3. The molecule has 0 fully saturated rings. The first-order valence-electron chi connectivity index (χ1n) is 17.0. The van der Waals surface area contributed by atoms with Crippen molar-refractivity contribution in [1.29, 1.82) is 0 Å². The lowest BCUT2D eigenvalue weighted by Crippen LogP contribution is -2.25. The van der Waals surface area contributed by atoms with Crippen molar-refractivity contribution in [3.8, 4) is 28.6 Å². The van der Waals surface area contributed by atoms with Gasteiger partial charge in [0.1, 0.15) is 35.2 Å². The minimum absolute atomic E-state index is 0.0205. The molecule has 0 atom stereocenters. The van der Waals surface area contributed by atoms with Crippen LogP contribution in [0.4, 0.5) is 0 Å². The third-order valence-corrected chi connectivity index (χ3v) is 8.25. The molecule has 0 saturated heterocycles. The largest absolute Gasteiger partial charge is 0.507 e. The number of aromatic nitrogens is 3. The zero-order chi connectivity index (χ0) is 35.4. The van der Waals surface area contributed by atoms with Crippen LogP contribution < -0.4 is 20.2 Å². The summed E-state index contributed by atoms with van der Waals surface area (Å²) in [5.74, 6) is 1.77. The molecule has 0 unspecified atom stereocenters. The molecule has 260 valence electrons. The smallest absolute Gasteiger partial charge is 0.193 e. The number of nitrogens with one attached hydrogen (secondary N) is 1. The maximum absolute atomic E-state index is 12.5. The molecule has 2 aromatic heterocycles. The van der Waals surface area contributed by atoms with E-state index in [-0.39, 0.29) is 17.0 Å². The van der Waals surface area contributed by atoms with Crippen LogP contribution in [0.3, 0.4) is 0 Å². The van der Waals surface area contributed by atoms with Gasteiger partial charge in [-0.05, 0) is 98.5 Å². The summed E-state index contributed by atoms with van der Waals surface area (Å²) in [5.41, 5.74) is 4.35. The maximum Gasteiger partial charge on any atom is 0.193 e. The number of rotatable bonds is 17. The van der Waals surface area contributed by atoms with Gasteiger partial charge in [0.05, 0.1) is 29.8 Å². The average molecular weight is 685 g/mol. The molecule has 0 spiro atoms. The summed E-state index contributed by atoms with van der Waals surface area (Å²) in [6.45, 7) is 5.11. The minimum Gasteiger partial charge on any atom is -0.507 e. The highest BCUT2D eigenvalue weighted by molar-refractivity contribution is 6.08. The van der Waals surface area contributed by atoms with Crippen molar-refractivity contribution in [3.05, 3.63) is 142 Å². The third kappa shape index (κ3) is 9.80. The monoisotopic (exact) mass is 684 g/mol. The number of para-hydroxylation sites is 1. The van der Waals surface area contributed by atoms with Gasteiger partial charge in [0.15, 0.2) is 11.2 Å². The second-order valence-corrected chi connectivity index (χ2v) is 12.2. The molecule has 0 radical (unpaired) electrons. The van der Waals surface area contributed by atoms with Crippen LogP contribution in [0.1, 0.15) is 40.0 Å². The van der Waals surface area contributed by atoms with Gasteiger partial charge in [0.25, 0.3) is 0 Å². The molecule has 51 heavy (non-hydrogen) atoms. The number of carbonyl (C=O) groups excluding carboxylic acids is 1. The number of unbranched alkanes of at least 4 members (excludes halogenated alkanes) is 1. The maximum atomic E-state index is 12.5. The standard InChI is InChI=1S/C41H40N4O6/c1-29-9-19-37(46)36(26-29)38(47)20-12-30-10-15-33(16-11-30)49-24-5-4-6-32-28-45(44-43-32)23-21-42-22-25-50-34-17-13-31(14-18-34)41-27-39(48)35-7-2-3-8-40(35)51-41/h2-3,7-20,26-28,42,46H,4-6,21-25H2,1H3/b20-12+. The Morgan fingerprint density at radius 2 is 1.67 bits per heavy atom.